The standard InChI is InChI=1S/C16H14N2O5/c19-12(8-22-9-4-2-1-3-5-9)17-18-15(20)13-10-6-7-11(23-10)14(13)16(18)21/h1-7,10-11,13-14H,8H2,(H,17,19)/t10-,11+,13-,14+. The number of para-hydroxylation sites is 1. The third kappa shape index (κ3) is 2.20. The summed E-state index contributed by atoms with van der Waals surface area (Å²) in [7, 11) is 0. The first-order chi connectivity index (χ1) is 11.1. The maximum absolute atomic E-state index is 12.3. The number of hydrogen-bond acceptors (Lipinski definition) is 5. The van der Waals surface area contributed by atoms with Crippen molar-refractivity contribution >= 4 is 17.7 Å². The van der Waals surface area contributed by atoms with Crippen LogP contribution in [0.15, 0.2) is 42.5 Å². The highest BCUT2D eigenvalue weighted by molar-refractivity contribution is 6.07. The molecule has 3 amide bonds. The Hall–Kier alpha value is -2.67. The summed E-state index contributed by atoms with van der Waals surface area (Å²) in [6.45, 7) is -0.280. The molecule has 1 aromatic carbocycles. The van der Waals surface area contributed by atoms with Crippen LogP contribution < -0.4 is 10.2 Å². The molecule has 0 aliphatic carbocycles. The molecule has 1 aromatic rings. The molecule has 0 aromatic heterocycles. The molecule has 0 saturated carbocycles. The quantitative estimate of drug-likeness (QED) is 0.626. The number of benzene rings is 1. The number of imide groups is 1. The molecule has 4 atom stereocenters. The highest BCUT2D eigenvalue weighted by Gasteiger charge is 2.61. The number of amides is 3. The lowest BCUT2D eigenvalue weighted by Crippen LogP contribution is -2.49. The summed E-state index contributed by atoms with van der Waals surface area (Å²) in [6.07, 6.45) is 2.84. The van der Waals surface area contributed by atoms with Gasteiger partial charge >= 0.3 is 0 Å². The van der Waals surface area contributed by atoms with Crippen LogP contribution >= 0.6 is 0 Å². The van der Waals surface area contributed by atoms with Gasteiger partial charge in [0.05, 0.1) is 24.0 Å². The fourth-order valence-corrected chi connectivity index (χ4v) is 3.24. The van der Waals surface area contributed by atoms with Crippen molar-refractivity contribution in [2.45, 2.75) is 12.2 Å². The van der Waals surface area contributed by atoms with Crippen molar-refractivity contribution in [3.63, 3.8) is 0 Å². The second-order valence-electron chi connectivity index (χ2n) is 5.65. The largest absolute Gasteiger partial charge is 0.484 e. The molecule has 7 nitrogen and oxygen atoms in total. The first-order valence-electron chi connectivity index (χ1n) is 7.34. The molecule has 118 valence electrons. The minimum absolute atomic E-state index is 0.280. The number of hydrazine groups is 1. The Bertz CT molecular complexity index is 672. The lowest BCUT2D eigenvalue weighted by molar-refractivity contribution is -0.151. The smallest absolute Gasteiger partial charge is 0.276 e. The van der Waals surface area contributed by atoms with E-state index in [-0.39, 0.29) is 18.8 Å². The van der Waals surface area contributed by atoms with E-state index in [1.807, 2.05) is 6.07 Å². The van der Waals surface area contributed by atoms with Gasteiger partial charge in [-0.15, -0.1) is 0 Å². The lowest BCUT2D eigenvalue weighted by atomic mass is 9.85. The van der Waals surface area contributed by atoms with Crippen LogP contribution in [-0.4, -0.2) is 41.5 Å². The molecule has 3 aliphatic rings. The van der Waals surface area contributed by atoms with Crippen LogP contribution in [0.1, 0.15) is 0 Å². The van der Waals surface area contributed by atoms with E-state index in [4.69, 9.17) is 9.47 Å². The minimum atomic E-state index is -0.559. The Labute approximate surface area is 131 Å². The molecule has 2 bridgehead atoms. The molecule has 1 N–H and O–H groups in total. The van der Waals surface area contributed by atoms with Crippen LogP contribution in [0.5, 0.6) is 5.75 Å². The molecule has 23 heavy (non-hydrogen) atoms. The van der Waals surface area contributed by atoms with Gasteiger partial charge in [-0.1, -0.05) is 30.4 Å². The fourth-order valence-electron chi connectivity index (χ4n) is 3.24. The summed E-state index contributed by atoms with van der Waals surface area (Å²) in [5.74, 6) is -1.94. The monoisotopic (exact) mass is 314 g/mol. The fraction of sp³-hybridized carbons (Fsp3) is 0.312. The molecule has 3 heterocycles. The summed E-state index contributed by atoms with van der Waals surface area (Å²) >= 11 is 0. The first kappa shape index (κ1) is 14.0. The number of carbonyl (C=O) groups is 3. The average Bonchev–Trinajstić information content (AvgIpc) is 3.24. The van der Waals surface area contributed by atoms with Crippen LogP contribution in [0.3, 0.4) is 0 Å². The molecule has 2 saturated heterocycles. The zero-order chi connectivity index (χ0) is 16.0. The number of nitrogens with zero attached hydrogens (tertiary/aromatic N) is 1. The van der Waals surface area contributed by atoms with Crippen LogP contribution in [0, 0.1) is 11.8 Å². The molecule has 4 rings (SSSR count). The van der Waals surface area contributed by atoms with Gasteiger partial charge in [-0.25, -0.2) is 0 Å². The lowest BCUT2D eigenvalue weighted by Gasteiger charge is -2.18. The van der Waals surface area contributed by atoms with E-state index >= 15 is 0 Å². The molecule has 7 heteroatoms. The summed E-state index contributed by atoms with van der Waals surface area (Å²) in [4.78, 5) is 36.6. The predicted molar refractivity (Wildman–Crippen MR) is 76.7 cm³/mol. The second-order valence-corrected chi connectivity index (χ2v) is 5.65. The Kier molecular flexibility index (Phi) is 3.16. The normalized spacial score (nSPS) is 30.7. The van der Waals surface area contributed by atoms with Gasteiger partial charge in [-0.05, 0) is 12.1 Å². The Morgan fingerprint density at radius 3 is 2.30 bits per heavy atom. The van der Waals surface area contributed by atoms with E-state index < -0.39 is 29.6 Å². The number of nitrogens with one attached hydrogen (secondary N) is 1. The van der Waals surface area contributed by atoms with Gasteiger partial charge in [0.15, 0.2) is 6.61 Å². The number of carbonyl (C=O) groups excluding carboxylic acids is 3. The molecule has 3 aliphatic heterocycles. The van der Waals surface area contributed by atoms with E-state index in [1.165, 1.54) is 0 Å². The van der Waals surface area contributed by atoms with Gasteiger partial charge < -0.3 is 9.47 Å². The average molecular weight is 314 g/mol. The molecule has 0 spiro atoms. The number of rotatable bonds is 4. The highest BCUT2D eigenvalue weighted by Crippen LogP contribution is 2.44. The van der Waals surface area contributed by atoms with Gasteiger partial charge in [0, 0.05) is 0 Å². The van der Waals surface area contributed by atoms with Crippen molar-refractivity contribution in [2.75, 3.05) is 6.61 Å². The van der Waals surface area contributed by atoms with Gasteiger partial charge in [-0.3, -0.25) is 19.8 Å². The SMILES string of the molecule is O=C(COc1ccccc1)NN1C(=O)[C@@H]2[C@H](C1=O)[C@H]1C=C[C@@H]2O1. The Balaban J connectivity index is 1.39. The Morgan fingerprint density at radius 2 is 1.70 bits per heavy atom. The highest BCUT2D eigenvalue weighted by atomic mass is 16.5. The van der Waals surface area contributed by atoms with Crippen molar-refractivity contribution in [3.8, 4) is 5.75 Å². The van der Waals surface area contributed by atoms with Crippen LogP contribution in [0.4, 0.5) is 0 Å². The molecular weight excluding hydrogens is 300 g/mol. The van der Waals surface area contributed by atoms with Gasteiger partial charge in [0.1, 0.15) is 5.75 Å². The van der Waals surface area contributed by atoms with Crippen LogP contribution in [0.25, 0.3) is 0 Å². The van der Waals surface area contributed by atoms with Gasteiger partial charge in [-0.2, -0.15) is 5.01 Å². The number of fused-ring (bicyclic) bond motifs is 5. The summed E-state index contributed by atoms with van der Waals surface area (Å²) in [5, 5.41) is 0.807. The van der Waals surface area contributed by atoms with Gasteiger partial charge in [0.2, 0.25) is 0 Å². The van der Waals surface area contributed by atoms with Crippen LogP contribution in [-0.2, 0) is 19.1 Å². The van der Waals surface area contributed by atoms with Crippen molar-refractivity contribution in [1.82, 2.24) is 10.4 Å². The van der Waals surface area contributed by atoms with E-state index in [0.717, 1.165) is 5.01 Å². The van der Waals surface area contributed by atoms with Gasteiger partial charge in [0.25, 0.3) is 17.7 Å². The van der Waals surface area contributed by atoms with E-state index in [1.54, 1.807) is 36.4 Å². The maximum Gasteiger partial charge on any atom is 0.276 e. The number of ether oxygens (including phenoxy) is 2. The van der Waals surface area contributed by atoms with E-state index in [9.17, 15) is 14.4 Å². The number of hydrogen-bond donors (Lipinski definition) is 1. The maximum atomic E-state index is 12.3. The van der Waals surface area contributed by atoms with Crippen LogP contribution in [0.2, 0.25) is 0 Å². The first-order valence-corrected chi connectivity index (χ1v) is 7.34. The third-order valence-electron chi connectivity index (χ3n) is 4.26. The third-order valence-corrected chi connectivity index (χ3v) is 4.26. The summed E-state index contributed by atoms with van der Waals surface area (Å²) in [6, 6.07) is 8.82. The van der Waals surface area contributed by atoms with E-state index in [2.05, 4.69) is 5.43 Å². The minimum Gasteiger partial charge on any atom is -0.484 e. The predicted octanol–water partition coefficient (Wildman–Crippen LogP) is 0.0350. The molecule has 2 fully saturated rings. The topological polar surface area (TPSA) is 84.9 Å². The van der Waals surface area contributed by atoms with Crippen molar-refractivity contribution < 1.29 is 23.9 Å². The molecule has 0 unspecified atom stereocenters. The zero-order valence-corrected chi connectivity index (χ0v) is 12.0. The molecule has 0 radical (unpaired) electrons. The van der Waals surface area contributed by atoms with Crippen molar-refractivity contribution in [1.29, 1.82) is 0 Å². The van der Waals surface area contributed by atoms with Crippen molar-refractivity contribution in [3.05, 3.63) is 42.5 Å². The molecular formula is C16H14N2O5. The summed E-state index contributed by atoms with van der Waals surface area (Å²) in [5.41, 5.74) is 2.33. The Morgan fingerprint density at radius 1 is 1.09 bits per heavy atom. The summed E-state index contributed by atoms with van der Waals surface area (Å²) < 4.78 is 10.8. The zero-order valence-electron chi connectivity index (χ0n) is 12.0. The van der Waals surface area contributed by atoms with Crippen molar-refractivity contribution in [2.24, 2.45) is 11.8 Å². The second kappa shape index (κ2) is 5.20. The van der Waals surface area contributed by atoms with E-state index in [0.29, 0.717) is 5.75 Å².